The number of fused-ring (bicyclic) bond motifs is 2. The zero-order chi connectivity index (χ0) is 26.4. The molecule has 196 valence electrons. The number of rotatable bonds is 5. The molecule has 7 nitrogen and oxygen atoms in total. The number of aryl methyl sites for hydroxylation is 1. The molecule has 0 radical (unpaired) electrons. The molecule has 4 aromatic rings. The number of amides is 1. The quantitative estimate of drug-likeness (QED) is 0.324. The van der Waals surface area contributed by atoms with Crippen molar-refractivity contribution in [2.45, 2.75) is 64.1 Å². The van der Waals surface area contributed by atoms with Crippen molar-refractivity contribution in [3.8, 4) is 0 Å². The van der Waals surface area contributed by atoms with Crippen LogP contribution < -0.4 is 11.0 Å². The lowest BCUT2D eigenvalue weighted by Gasteiger charge is -2.29. The summed E-state index contributed by atoms with van der Waals surface area (Å²) in [6.45, 7) is 2.48. The summed E-state index contributed by atoms with van der Waals surface area (Å²) in [5.41, 5.74) is 5.70. The van der Waals surface area contributed by atoms with Crippen molar-refractivity contribution in [2.24, 2.45) is 5.92 Å². The van der Waals surface area contributed by atoms with Crippen molar-refractivity contribution in [1.82, 2.24) is 24.4 Å². The normalized spacial score (nSPS) is 21.0. The number of hydrogen-bond donors (Lipinski definition) is 1. The van der Waals surface area contributed by atoms with Crippen LogP contribution >= 0.6 is 27.5 Å². The smallest absolute Gasteiger partial charge is 0.329 e. The van der Waals surface area contributed by atoms with Crippen molar-refractivity contribution in [3.05, 3.63) is 91.3 Å². The van der Waals surface area contributed by atoms with Crippen LogP contribution in [0.4, 0.5) is 0 Å². The van der Waals surface area contributed by atoms with Gasteiger partial charge >= 0.3 is 5.69 Å². The first-order valence-electron chi connectivity index (χ1n) is 13.1. The maximum absolute atomic E-state index is 13.8. The Hall–Kier alpha value is -2.97. The number of pyridine rings is 2. The van der Waals surface area contributed by atoms with Crippen molar-refractivity contribution < 1.29 is 4.79 Å². The Morgan fingerprint density at radius 2 is 1.87 bits per heavy atom. The second-order valence-corrected chi connectivity index (χ2v) is 11.9. The van der Waals surface area contributed by atoms with Crippen molar-refractivity contribution in [1.29, 1.82) is 0 Å². The van der Waals surface area contributed by atoms with Crippen molar-refractivity contribution >= 4 is 44.5 Å². The first-order chi connectivity index (χ1) is 18.4. The lowest BCUT2D eigenvalue weighted by molar-refractivity contribution is 0.0919. The van der Waals surface area contributed by atoms with Gasteiger partial charge in [-0.25, -0.2) is 4.79 Å². The van der Waals surface area contributed by atoms with Crippen LogP contribution in [0.25, 0.3) is 11.0 Å². The highest BCUT2D eigenvalue weighted by Crippen LogP contribution is 2.34. The maximum atomic E-state index is 13.8. The Balaban J connectivity index is 1.16. The number of carbonyl (C=O) groups is 1. The summed E-state index contributed by atoms with van der Waals surface area (Å²) in [4.78, 5) is 35.2. The van der Waals surface area contributed by atoms with Crippen LogP contribution in [-0.2, 0) is 19.4 Å². The average molecular weight is 595 g/mol. The van der Waals surface area contributed by atoms with Crippen LogP contribution in [-0.4, -0.2) is 31.1 Å². The molecular formula is C29H29BrClN5O2. The zero-order valence-corrected chi connectivity index (χ0v) is 23.5. The number of aromatic nitrogens is 4. The molecular weight excluding hydrogens is 566 g/mol. The third-order valence-electron chi connectivity index (χ3n) is 8.13. The fourth-order valence-electron chi connectivity index (χ4n) is 6.15. The first kappa shape index (κ1) is 25.3. The van der Waals surface area contributed by atoms with Gasteiger partial charge in [0.25, 0.3) is 5.91 Å². The SMILES string of the molecule is Cc1ncc(Cl)cc1C(=O)N[C@H]1CC[C@H](Cn2c(=O)n(C3Cc4ccc(Br)cc4C3)c3ccncc32)CC1. The Kier molecular flexibility index (Phi) is 6.86. The van der Waals surface area contributed by atoms with Gasteiger partial charge in [0.1, 0.15) is 0 Å². The number of halogens is 2. The summed E-state index contributed by atoms with van der Waals surface area (Å²) >= 11 is 9.63. The van der Waals surface area contributed by atoms with E-state index >= 15 is 0 Å². The second-order valence-electron chi connectivity index (χ2n) is 10.6. The summed E-state index contributed by atoms with van der Waals surface area (Å²) < 4.78 is 4.98. The monoisotopic (exact) mass is 593 g/mol. The van der Waals surface area contributed by atoms with Gasteiger partial charge in [0.15, 0.2) is 0 Å². The van der Waals surface area contributed by atoms with E-state index in [0.29, 0.717) is 28.7 Å². The Morgan fingerprint density at radius 3 is 2.68 bits per heavy atom. The molecule has 1 aromatic carbocycles. The highest BCUT2D eigenvalue weighted by atomic mass is 79.9. The fourth-order valence-corrected chi connectivity index (χ4v) is 6.72. The third-order valence-corrected chi connectivity index (χ3v) is 8.83. The number of imidazole rings is 1. The van der Waals surface area contributed by atoms with E-state index in [9.17, 15) is 9.59 Å². The molecule has 0 aliphatic heterocycles. The standard InChI is InChI=1S/C29H29BrClN5O2/c1-17-25(13-22(31)14-33-17)28(37)34-23-6-2-18(3-7-23)16-35-27-15-32-9-8-26(27)36(29(35)38)24-11-19-4-5-21(30)10-20(19)12-24/h4-5,8-10,13-15,18,23-24H,2-3,6-7,11-12,16H2,1H3,(H,34,37)/t18-,23-,24?. The molecule has 1 amide bonds. The van der Waals surface area contributed by atoms with Gasteiger partial charge < -0.3 is 5.32 Å². The van der Waals surface area contributed by atoms with Gasteiger partial charge in [-0.15, -0.1) is 0 Å². The van der Waals surface area contributed by atoms with Gasteiger partial charge in [0, 0.05) is 35.5 Å². The molecule has 9 heteroatoms. The maximum Gasteiger partial charge on any atom is 0.329 e. The van der Waals surface area contributed by atoms with Gasteiger partial charge in [-0.05, 0) is 86.8 Å². The molecule has 6 rings (SSSR count). The predicted octanol–water partition coefficient (Wildman–Crippen LogP) is 5.65. The molecule has 1 fully saturated rings. The minimum absolute atomic E-state index is 0.0456. The molecule has 3 heterocycles. The number of nitrogens with zero attached hydrogens (tertiary/aromatic N) is 4. The molecule has 0 bridgehead atoms. The van der Waals surface area contributed by atoms with E-state index in [1.807, 2.05) is 28.3 Å². The third kappa shape index (κ3) is 4.80. The van der Waals surface area contributed by atoms with E-state index in [-0.39, 0.29) is 23.7 Å². The summed E-state index contributed by atoms with van der Waals surface area (Å²) in [5.74, 6) is 0.238. The number of benzene rings is 1. The van der Waals surface area contributed by atoms with Gasteiger partial charge in [0.2, 0.25) is 0 Å². The molecule has 2 aliphatic rings. The van der Waals surface area contributed by atoms with Crippen LogP contribution in [0.1, 0.15) is 58.9 Å². The average Bonchev–Trinajstić information content (AvgIpc) is 3.44. The number of carbonyl (C=O) groups excluding carboxylic acids is 1. The van der Waals surface area contributed by atoms with Crippen LogP contribution in [0.5, 0.6) is 0 Å². The molecule has 0 saturated heterocycles. The number of hydrogen-bond acceptors (Lipinski definition) is 4. The van der Waals surface area contributed by atoms with Crippen molar-refractivity contribution in [2.75, 3.05) is 0 Å². The lowest BCUT2D eigenvalue weighted by atomic mass is 9.85. The van der Waals surface area contributed by atoms with E-state index in [0.717, 1.165) is 54.0 Å². The molecule has 1 unspecified atom stereocenters. The molecule has 1 saturated carbocycles. The number of nitrogens with one attached hydrogen (secondary N) is 1. The van der Waals surface area contributed by atoms with Crippen molar-refractivity contribution in [3.63, 3.8) is 0 Å². The van der Waals surface area contributed by atoms with Gasteiger partial charge in [-0.1, -0.05) is 33.6 Å². The molecule has 3 aromatic heterocycles. The lowest BCUT2D eigenvalue weighted by Crippen LogP contribution is -2.39. The van der Waals surface area contributed by atoms with Crippen LogP contribution in [0.3, 0.4) is 0 Å². The minimum atomic E-state index is -0.129. The largest absolute Gasteiger partial charge is 0.349 e. The van der Waals surface area contributed by atoms with Crippen LogP contribution in [0.15, 0.2) is 58.2 Å². The predicted molar refractivity (Wildman–Crippen MR) is 152 cm³/mol. The topological polar surface area (TPSA) is 81.8 Å². The van der Waals surface area contributed by atoms with Gasteiger partial charge in [-0.3, -0.25) is 23.9 Å². The summed E-state index contributed by atoms with van der Waals surface area (Å²) in [6.07, 6.45) is 10.5. The van der Waals surface area contributed by atoms with E-state index in [1.165, 1.54) is 11.1 Å². The minimum Gasteiger partial charge on any atom is -0.349 e. The summed E-state index contributed by atoms with van der Waals surface area (Å²) in [7, 11) is 0. The summed E-state index contributed by atoms with van der Waals surface area (Å²) in [6, 6.07) is 10.2. The molecule has 2 aliphatic carbocycles. The van der Waals surface area contributed by atoms with E-state index in [1.54, 1.807) is 18.5 Å². The Morgan fingerprint density at radius 1 is 1.08 bits per heavy atom. The van der Waals surface area contributed by atoms with E-state index < -0.39 is 0 Å². The molecule has 0 spiro atoms. The zero-order valence-electron chi connectivity index (χ0n) is 21.2. The van der Waals surface area contributed by atoms with Gasteiger partial charge in [0.05, 0.1) is 33.5 Å². The van der Waals surface area contributed by atoms with Crippen LogP contribution in [0.2, 0.25) is 5.02 Å². The fraction of sp³-hybridized carbons (Fsp3) is 0.379. The highest BCUT2D eigenvalue weighted by molar-refractivity contribution is 9.10. The molecule has 38 heavy (non-hydrogen) atoms. The second kappa shape index (κ2) is 10.3. The van der Waals surface area contributed by atoms with Gasteiger partial charge in [-0.2, -0.15) is 0 Å². The molecule has 1 N–H and O–H groups in total. The first-order valence-corrected chi connectivity index (χ1v) is 14.3. The van der Waals surface area contributed by atoms with Crippen LogP contribution in [0, 0.1) is 12.8 Å². The molecule has 1 atom stereocenters. The Labute approximate surface area is 234 Å². The van der Waals surface area contributed by atoms with E-state index in [4.69, 9.17) is 11.6 Å². The summed E-state index contributed by atoms with van der Waals surface area (Å²) in [5, 5.41) is 3.62. The Bertz CT molecular complexity index is 1590. The van der Waals surface area contributed by atoms with E-state index in [2.05, 4.69) is 49.4 Å². The highest BCUT2D eigenvalue weighted by Gasteiger charge is 2.29.